The minimum Gasteiger partial charge on any atom is -0.315 e. The minimum atomic E-state index is 0.696. The van der Waals surface area contributed by atoms with Crippen LogP contribution in [0, 0.1) is 5.92 Å². The van der Waals surface area contributed by atoms with Crippen LogP contribution in [0.5, 0.6) is 0 Å². The molecule has 0 aliphatic rings. The molecule has 1 aromatic heterocycles. The highest BCUT2D eigenvalue weighted by atomic mass is 35.5. The van der Waals surface area contributed by atoms with E-state index in [2.05, 4.69) is 24.3 Å². The molecule has 0 saturated carbocycles. The maximum atomic E-state index is 5.72. The Hall–Kier alpha value is -0.540. The van der Waals surface area contributed by atoms with Crippen molar-refractivity contribution in [2.75, 3.05) is 13.1 Å². The van der Waals surface area contributed by atoms with Gasteiger partial charge < -0.3 is 5.32 Å². The topological polar surface area (TPSA) is 29.9 Å². The number of halogens is 1. The van der Waals surface area contributed by atoms with E-state index in [9.17, 15) is 0 Å². The molecule has 0 radical (unpaired) electrons. The molecule has 0 fully saturated rings. The average molecular weight is 202 g/mol. The molecular weight excluding hydrogens is 186 g/mol. The van der Waals surface area contributed by atoms with E-state index in [1.807, 2.05) is 10.9 Å². The second kappa shape index (κ2) is 5.25. The van der Waals surface area contributed by atoms with Gasteiger partial charge in [-0.15, -0.1) is 0 Å². The standard InChI is InChI=1S/C9H16ClN3/c1-8(2)5-11-3-4-13-7-9(10)6-12-13/h6-8,11H,3-5H2,1-2H3. The molecule has 0 amide bonds. The molecule has 0 bridgehead atoms. The summed E-state index contributed by atoms with van der Waals surface area (Å²) in [4.78, 5) is 0. The van der Waals surface area contributed by atoms with E-state index in [1.54, 1.807) is 6.20 Å². The predicted molar refractivity (Wildman–Crippen MR) is 54.9 cm³/mol. The van der Waals surface area contributed by atoms with E-state index in [0.717, 1.165) is 19.6 Å². The highest BCUT2D eigenvalue weighted by Crippen LogP contribution is 2.03. The third-order valence-corrected chi connectivity index (χ3v) is 1.87. The summed E-state index contributed by atoms with van der Waals surface area (Å²) in [5.41, 5.74) is 0. The lowest BCUT2D eigenvalue weighted by atomic mass is 10.2. The fourth-order valence-corrected chi connectivity index (χ4v) is 1.20. The molecular formula is C9H16ClN3. The summed E-state index contributed by atoms with van der Waals surface area (Å²) < 4.78 is 1.84. The van der Waals surface area contributed by atoms with Gasteiger partial charge >= 0.3 is 0 Å². The first-order chi connectivity index (χ1) is 6.18. The molecule has 0 spiro atoms. The molecule has 4 heteroatoms. The van der Waals surface area contributed by atoms with Crippen LogP contribution in [0.1, 0.15) is 13.8 Å². The molecule has 0 aliphatic heterocycles. The Bertz CT molecular complexity index is 245. The Kier molecular flexibility index (Phi) is 4.25. The molecule has 0 saturated heterocycles. The summed E-state index contributed by atoms with van der Waals surface area (Å²) in [7, 11) is 0. The molecule has 0 aromatic carbocycles. The number of nitrogens with zero attached hydrogens (tertiary/aromatic N) is 2. The van der Waals surface area contributed by atoms with E-state index >= 15 is 0 Å². The van der Waals surface area contributed by atoms with Crippen molar-refractivity contribution in [3.05, 3.63) is 17.4 Å². The van der Waals surface area contributed by atoms with Crippen molar-refractivity contribution in [2.45, 2.75) is 20.4 Å². The Balaban J connectivity index is 2.13. The summed E-state index contributed by atoms with van der Waals surface area (Å²) in [6.45, 7) is 7.25. The largest absolute Gasteiger partial charge is 0.315 e. The Morgan fingerprint density at radius 3 is 2.92 bits per heavy atom. The third kappa shape index (κ3) is 4.29. The Morgan fingerprint density at radius 2 is 2.38 bits per heavy atom. The summed E-state index contributed by atoms with van der Waals surface area (Å²) in [5.74, 6) is 0.696. The SMILES string of the molecule is CC(C)CNCCn1cc(Cl)cn1. The second-order valence-corrected chi connectivity index (χ2v) is 3.96. The third-order valence-electron chi connectivity index (χ3n) is 1.67. The van der Waals surface area contributed by atoms with E-state index in [1.165, 1.54) is 0 Å². The van der Waals surface area contributed by atoms with E-state index < -0.39 is 0 Å². The molecule has 0 unspecified atom stereocenters. The maximum absolute atomic E-state index is 5.72. The van der Waals surface area contributed by atoms with Crippen LogP contribution in [0.25, 0.3) is 0 Å². The van der Waals surface area contributed by atoms with Crippen LogP contribution < -0.4 is 5.32 Å². The molecule has 13 heavy (non-hydrogen) atoms. The Morgan fingerprint density at radius 1 is 1.62 bits per heavy atom. The van der Waals surface area contributed by atoms with Gasteiger partial charge in [0.15, 0.2) is 0 Å². The van der Waals surface area contributed by atoms with Gasteiger partial charge in [-0.05, 0) is 12.5 Å². The molecule has 1 N–H and O–H groups in total. The lowest BCUT2D eigenvalue weighted by Gasteiger charge is -2.06. The number of hydrogen-bond donors (Lipinski definition) is 1. The van der Waals surface area contributed by atoms with Crippen molar-refractivity contribution in [1.82, 2.24) is 15.1 Å². The zero-order valence-electron chi connectivity index (χ0n) is 8.13. The van der Waals surface area contributed by atoms with Gasteiger partial charge in [0, 0.05) is 12.7 Å². The first-order valence-electron chi connectivity index (χ1n) is 4.57. The number of nitrogens with one attached hydrogen (secondary N) is 1. The van der Waals surface area contributed by atoms with Crippen LogP contribution in [-0.2, 0) is 6.54 Å². The van der Waals surface area contributed by atoms with Crippen molar-refractivity contribution < 1.29 is 0 Å². The second-order valence-electron chi connectivity index (χ2n) is 3.52. The van der Waals surface area contributed by atoms with Crippen molar-refractivity contribution >= 4 is 11.6 Å². The molecule has 1 rings (SSSR count). The lowest BCUT2D eigenvalue weighted by molar-refractivity contribution is 0.506. The van der Waals surface area contributed by atoms with Gasteiger partial charge in [0.25, 0.3) is 0 Å². The van der Waals surface area contributed by atoms with Crippen LogP contribution in [-0.4, -0.2) is 22.9 Å². The van der Waals surface area contributed by atoms with E-state index in [-0.39, 0.29) is 0 Å². The fraction of sp³-hybridized carbons (Fsp3) is 0.667. The molecule has 0 atom stereocenters. The lowest BCUT2D eigenvalue weighted by Crippen LogP contribution is -2.24. The van der Waals surface area contributed by atoms with Crippen LogP contribution in [0.4, 0.5) is 0 Å². The van der Waals surface area contributed by atoms with Crippen molar-refractivity contribution in [3.8, 4) is 0 Å². The smallest absolute Gasteiger partial charge is 0.0785 e. The number of hydrogen-bond acceptors (Lipinski definition) is 2. The van der Waals surface area contributed by atoms with Gasteiger partial charge in [-0.3, -0.25) is 4.68 Å². The van der Waals surface area contributed by atoms with Gasteiger partial charge in [-0.25, -0.2) is 0 Å². The minimum absolute atomic E-state index is 0.696. The van der Waals surface area contributed by atoms with Crippen LogP contribution in [0.2, 0.25) is 5.02 Å². The van der Waals surface area contributed by atoms with Gasteiger partial charge in [0.1, 0.15) is 0 Å². The van der Waals surface area contributed by atoms with Crippen LogP contribution >= 0.6 is 11.6 Å². The van der Waals surface area contributed by atoms with E-state index in [0.29, 0.717) is 10.9 Å². The first kappa shape index (κ1) is 10.5. The van der Waals surface area contributed by atoms with Crippen molar-refractivity contribution in [1.29, 1.82) is 0 Å². The van der Waals surface area contributed by atoms with Crippen molar-refractivity contribution in [2.24, 2.45) is 5.92 Å². The molecule has 3 nitrogen and oxygen atoms in total. The zero-order valence-corrected chi connectivity index (χ0v) is 8.88. The quantitative estimate of drug-likeness (QED) is 0.737. The monoisotopic (exact) mass is 201 g/mol. The van der Waals surface area contributed by atoms with Crippen LogP contribution in [0.15, 0.2) is 12.4 Å². The number of rotatable bonds is 5. The predicted octanol–water partition coefficient (Wildman–Crippen LogP) is 1.78. The first-order valence-corrected chi connectivity index (χ1v) is 4.95. The summed E-state index contributed by atoms with van der Waals surface area (Å²) in [6.07, 6.45) is 3.49. The van der Waals surface area contributed by atoms with Gasteiger partial charge in [0.05, 0.1) is 17.8 Å². The molecule has 0 aliphatic carbocycles. The highest BCUT2D eigenvalue weighted by Gasteiger charge is 1.95. The Labute approximate surface area is 84.1 Å². The van der Waals surface area contributed by atoms with Gasteiger partial charge in [-0.1, -0.05) is 25.4 Å². The average Bonchev–Trinajstić information content (AvgIpc) is 2.45. The summed E-state index contributed by atoms with van der Waals surface area (Å²) in [6, 6.07) is 0. The van der Waals surface area contributed by atoms with Gasteiger partial charge in [-0.2, -0.15) is 5.10 Å². The molecule has 1 aromatic rings. The molecule has 74 valence electrons. The summed E-state index contributed by atoms with van der Waals surface area (Å²) >= 11 is 5.72. The zero-order chi connectivity index (χ0) is 9.68. The maximum Gasteiger partial charge on any atom is 0.0785 e. The number of aromatic nitrogens is 2. The van der Waals surface area contributed by atoms with E-state index in [4.69, 9.17) is 11.6 Å². The van der Waals surface area contributed by atoms with Crippen LogP contribution in [0.3, 0.4) is 0 Å². The normalized spacial score (nSPS) is 11.1. The highest BCUT2D eigenvalue weighted by molar-refractivity contribution is 6.30. The summed E-state index contributed by atoms with van der Waals surface area (Å²) in [5, 5.41) is 8.11. The fourth-order valence-electron chi connectivity index (χ4n) is 1.04. The van der Waals surface area contributed by atoms with Crippen molar-refractivity contribution in [3.63, 3.8) is 0 Å². The molecule has 1 heterocycles. The van der Waals surface area contributed by atoms with Gasteiger partial charge in [0.2, 0.25) is 0 Å².